The van der Waals surface area contributed by atoms with Crippen LogP contribution in [0, 0.1) is 11.3 Å². The molecule has 14 heavy (non-hydrogen) atoms. The monoisotopic (exact) mass is 187 g/mol. The number of hydrogen-bond donors (Lipinski definition) is 0. The second-order valence-electron chi connectivity index (χ2n) is 4.26. The van der Waals surface area contributed by atoms with Gasteiger partial charge in [-0.25, -0.2) is 0 Å². The second-order valence-corrected chi connectivity index (χ2v) is 4.26. The Morgan fingerprint density at radius 1 is 1.36 bits per heavy atom. The van der Waals surface area contributed by atoms with E-state index >= 15 is 0 Å². The Labute approximate surface area is 85.0 Å². The van der Waals surface area contributed by atoms with Crippen LogP contribution in [0.5, 0.6) is 0 Å². The number of hydrogen-bond acceptors (Lipinski definition) is 1. The van der Waals surface area contributed by atoms with Crippen molar-refractivity contribution in [2.45, 2.75) is 19.0 Å². The van der Waals surface area contributed by atoms with E-state index in [4.69, 9.17) is 5.26 Å². The molecule has 1 fully saturated rings. The molecule has 1 aromatic rings. The van der Waals surface area contributed by atoms with Crippen molar-refractivity contribution in [2.24, 2.45) is 0 Å². The highest BCUT2D eigenvalue weighted by Gasteiger charge is 2.60. The number of nitrogens with zero attached hydrogens (tertiary/aromatic N) is 2. The predicted molar refractivity (Wildman–Crippen MR) is 55.3 cm³/mol. The Morgan fingerprint density at radius 3 is 2.57 bits per heavy atom. The average Bonchev–Trinajstić information content (AvgIpc) is 2.71. The van der Waals surface area contributed by atoms with Crippen molar-refractivity contribution in [2.75, 3.05) is 13.6 Å². The molecule has 1 aliphatic heterocycles. The summed E-state index contributed by atoms with van der Waals surface area (Å²) in [6, 6.07) is 13.9. The van der Waals surface area contributed by atoms with Crippen molar-refractivity contribution in [1.29, 1.82) is 5.26 Å². The maximum absolute atomic E-state index is 8.76. The molecule has 0 amide bonds. The van der Waals surface area contributed by atoms with Crippen molar-refractivity contribution < 1.29 is 4.48 Å². The van der Waals surface area contributed by atoms with Gasteiger partial charge in [-0.2, -0.15) is 5.26 Å². The normalized spacial score (nSPS) is 34.9. The minimum atomic E-state index is 0.524. The van der Waals surface area contributed by atoms with E-state index in [0.717, 1.165) is 4.48 Å². The molecule has 2 nitrogen and oxygen atoms in total. The van der Waals surface area contributed by atoms with Crippen LogP contribution >= 0.6 is 0 Å². The van der Waals surface area contributed by atoms with Crippen molar-refractivity contribution in [3.05, 3.63) is 35.9 Å². The molecule has 0 bridgehead atoms. The number of nitriles is 1. The molecule has 1 heterocycles. The molecule has 1 aliphatic rings. The first kappa shape index (κ1) is 9.23. The van der Waals surface area contributed by atoms with Gasteiger partial charge in [-0.05, 0) is 6.92 Å². The Morgan fingerprint density at radius 2 is 2.00 bits per heavy atom. The Balaban J connectivity index is 2.21. The van der Waals surface area contributed by atoms with E-state index in [1.807, 2.05) is 6.07 Å². The molecular weight excluding hydrogens is 172 g/mol. The Kier molecular flexibility index (Phi) is 2.05. The summed E-state index contributed by atoms with van der Waals surface area (Å²) in [6.07, 6.45) is 0. The molecule has 0 spiro atoms. The van der Waals surface area contributed by atoms with Gasteiger partial charge in [0.1, 0.15) is 12.1 Å². The van der Waals surface area contributed by atoms with E-state index in [1.165, 1.54) is 5.56 Å². The minimum Gasteiger partial charge on any atom is -0.296 e. The lowest BCUT2D eigenvalue weighted by molar-refractivity contribution is -0.799. The molecule has 0 aromatic heterocycles. The summed E-state index contributed by atoms with van der Waals surface area (Å²) >= 11 is 0. The van der Waals surface area contributed by atoms with Gasteiger partial charge in [-0.3, -0.25) is 4.48 Å². The van der Waals surface area contributed by atoms with Crippen LogP contribution in [0.2, 0.25) is 0 Å². The van der Waals surface area contributed by atoms with Gasteiger partial charge >= 0.3 is 0 Å². The Bertz CT molecular complexity index is 366. The van der Waals surface area contributed by atoms with Crippen LogP contribution in [0.4, 0.5) is 0 Å². The zero-order valence-corrected chi connectivity index (χ0v) is 8.64. The zero-order chi connectivity index (χ0) is 10.2. The molecule has 1 aromatic carbocycles. The second kappa shape index (κ2) is 3.11. The summed E-state index contributed by atoms with van der Waals surface area (Å²) in [4.78, 5) is 0. The van der Waals surface area contributed by atoms with Gasteiger partial charge in [0.05, 0.1) is 7.05 Å². The van der Waals surface area contributed by atoms with Gasteiger partial charge in [-0.1, -0.05) is 30.3 Å². The lowest BCUT2D eigenvalue weighted by Gasteiger charge is -2.10. The first-order valence-electron chi connectivity index (χ1n) is 4.97. The van der Waals surface area contributed by atoms with Gasteiger partial charge in [0.15, 0.2) is 12.6 Å². The molecule has 1 unspecified atom stereocenters. The highest BCUT2D eigenvalue weighted by molar-refractivity contribution is 5.22. The predicted octanol–water partition coefficient (Wildman–Crippen LogP) is 2.10. The summed E-state index contributed by atoms with van der Waals surface area (Å²) in [5.74, 6) is 0. The molecule has 0 saturated carbocycles. The SMILES string of the molecule is C[C@H]1[C@H](c2ccccc2)[N+]1(C)CC#N. The maximum Gasteiger partial charge on any atom is 0.168 e. The van der Waals surface area contributed by atoms with Gasteiger partial charge in [-0.15, -0.1) is 0 Å². The molecule has 1 saturated heterocycles. The minimum absolute atomic E-state index is 0.524. The van der Waals surface area contributed by atoms with Crippen LogP contribution in [0.15, 0.2) is 30.3 Å². The van der Waals surface area contributed by atoms with Gasteiger partial charge in [0.25, 0.3) is 0 Å². The molecule has 2 rings (SSSR count). The third-order valence-corrected chi connectivity index (χ3v) is 3.49. The first-order valence-corrected chi connectivity index (χ1v) is 4.97. The van der Waals surface area contributed by atoms with E-state index in [-0.39, 0.29) is 0 Å². The average molecular weight is 187 g/mol. The summed E-state index contributed by atoms with van der Waals surface area (Å²) in [5.41, 5.74) is 1.36. The van der Waals surface area contributed by atoms with Crippen LogP contribution in [-0.4, -0.2) is 24.1 Å². The fraction of sp³-hybridized carbons (Fsp3) is 0.417. The highest BCUT2D eigenvalue weighted by Crippen LogP contribution is 2.49. The lowest BCUT2D eigenvalue weighted by atomic mass is 10.1. The van der Waals surface area contributed by atoms with Gasteiger partial charge in [0.2, 0.25) is 0 Å². The van der Waals surface area contributed by atoms with Crippen LogP contribution in [0.3, 0.4) is 0 Å². The van der Waals surface area contributed by atoms with Crippen LogP contribution in [0.25, 0.3) is 0 Å². The third kappa shape index (κ3) is 1.21. The topological polar surface area (TPSA) is 23.8 Å². The zero-order valence-electron chi connectivity index (χ0n) is 8.64. The van der Waals surface area contributed by atoms with E-state index in [1.54, 1.807) is 0 Å². The number of benzene rings is 1. The molecule has 0 radical (unpaired) electrons. The third-order valence-electron chi connectivity index (χ3n) is 3.49. The standard InChI is InChI=1S/C12H15N2/c1-10-12(14(10,2)9-8-13)11-6-4-3-5-7-11/h3-7,10,12H,9H2,1-2H3/q+1/t10-,12+,14?/m0/s1. The van der Waals surface area contributed by atoms with E-state index < -0.39 is 0 Å². The van der Waals surface area contributed by atoms with E-state index in [9.17, 15) is 0 Å². The largest absolute Gasteiger partial charge is 0.296 e. The first-order chi connectivity index (χ1) is 6.70. The maximum atomic E-state index is 8.76. The van der Waals surface area contributed by atoms with Crippen LogP contribution in [0.1, 0.15) is 18.5 Å². The lowest BCUT2D eigenvalue weighted by Crippen LogP contribution is -2.23. The summed E-state index contributed by atoms with van der Waals surface area (Å²) in [6.45, 7) is 2.83. The smallest absolute Gasteiger partial charge is 0.168 e. The van der Waals surface area contributed by atoms with Crippen LogP contribution in [-0.2, 0) is 0 Å². The summed E-state index contributed by atoms with van der Waals surface area (Å²) < 4.78 is 0.876. The fourth-order valence-corrected chi connectivity index (χ4v) is 2.36. The van der Waals surface area contributed by atoms with Crippen LogP contribution < -0.4 is 0 Å². The van der Waals surface area contributed by atoms with Gasteiger partial charge < -0.3 is 0 Å². The van der Waals surface area contributed by atoms with Crippen molar-refractivity contribution in [3.63, 3.8) is 0 Å². The van der Waals surface area contributed by atoms with Gasteiger partial charge in [0, 0.05) is 5.56 Å². The number of quaternary nitrogens is 1. The quantitative estimate of drug-likeness (QED) is 0.395. The molecule has 0 N–H and O–H groups in total. The molecule has 2 heteroatoms. The van der Waals surface area contributed by atoms with Crippen molar-refractivity contribution >= 4 is 0 Å². The van der Waals surface area contributed by atoms with Crippen molar-refractivity contribution in [3.8, 4) is 6.07 Å². The molecule has 3 atom stereocenters. The highest BCUT2D eigenvalue weighted by atomic mass is 15.5. The number of rotatable bonds is 2. The van der Waals surface area contributed by atoms with E-state index in [2.05, 4.69) is 44.3 Å². The molecule has 72 valence electrons. The summed E-state index contributed by atoms with van der Waals surface area (Å²) in [7, 11) is 2.16. The van der Waals surface area contributed by atoms with E-state index in [0.29, 0.717) is 18.6 Å². The molecular formula is C12H15N2+. The Hall–Kier alpha value is -1.33. The fourth-order valence-electron chi connectivity index (χ4n) is 2.36. The summed E-state index contributed by atoms with van der Waals surface area (Å²) in [5, 5.41) is 8.76. The van der Waals surface area contributed by atoms with Crippen molar-refractivity contribution in [1.82, 2.24) is 0 Å². The number of likely N-dealkylation sites (N-methyl/N-ethyl adjacent to an activating group) is 1. The molecule has 0 aliphatic carbocycles.